The molecule has 2 N–H and O–H groups in total. The van der Waals surface area contributed by atoms with Crippen molar-refractivity contribution in [1.82, 2.24) is 25.5 Å². The monoisotopic (exact) mass is 497 g/mol. The fourth-order valence-electron chi connectivity index (χ4n) is 4.02. The molecule has 0 aliphatic carbocycles. The zero-order chi connectivity index (χ0) is 17.6. The molecule has 0 amide bonds. The third-order valence-electron chi connectivity index (χ3n) is 5.44. The van der Waals surface area contributed by atoms with E-state index in [4.69, 9.17) is 4.84 Å². The molecule has 0 aromatic carbocycles. The Morgan fingerprint density at radius 3 is 1.86 bits per heavy atom. The van der Waals surface area contributed by atoms with E-state index in [1.807, 2.05) is 4.90 Å². The molecule has 3 saturated heterocycles. The Bertz CT molecular complexity index is 472. The van der Waals surface area contributed by atoms with Gasteiger partial charge in [-0.1, -0.05) is 0 Å². The van der Waals surface area contributed by atoms with Gasteiger partial charge in [-0.15, -0.1) is 54.7 Å². The Kier molecular flexibility index (Phi) is 17.1. The van der Waals surface area contributed by atoms with Crippen LogP contribution in [0.25, 0.3) is 0 Å². The summed E-state index contributed by atoms with van der Waals surface area (Å²) >= 11 is 0. The molecule has 0 aromatic rings. The Hall–Kier alpha value is 0.1000. The summed E-state index contributed by atoms with van der Waals surface area (Å²) in [6.07, 6.45) is 2.38. The van der Waals surface area contributed by atoms with E-state index in [9.17, 15) is 9.59 Å². The number of piperazine rings is 2. The highest BCUT2D eigenvalue weighted by molar-refractivity contribution is 6.01. The fourth-order valence-corrected chi connectivity index (χ4v) is 4.02. The maximum atomic E-state index is 12.6. The summed E-state index contributed by atoms with van der Waals surface area (Å²) in [4.78, 5) is 34.6. The number of hydroxylamine groups is 2. The summed E-state index contributed by atoms with van der Waals surface area (Å²) < 4.78 is 0. The average molecular weight is 499 g/mol. The number of ketones is 1. The minimum absolute atomic E-state index is 0. The summed E-state index contributed by atoms with van der Waals surface area (Å²) in [5, 5.41) is 8.37. The van der Waals surface area contributed by atoms with Crippen LogP contribution < -0.4 is 10.6 Å². The van der Waals surface area contributed by atoms with Crippen molar-refractivity contribution in [2.24, 2.45) is 0 Å². The lowest BCUT2D eigenvalue weighted by Crippen LogP contribution is -2.57. The highest BCUT2D eigenvalue weighted by Crippen LogP contribution is 2.15. The van der Waals surface area contributed by atoms with Gasteiger partial charge in [-0.2, -0.15) is 0 Å². The molecule has 12 heteroatoms. The molecule has 0 spiro atoms. The van der Waals surface area contributed by atoms with Crippen molar-refractivity contribution in [2.75, 3.05) is 65.4 Å². The molecule has 0 radical (unpaired) electrons. The first kappa shape index (κ1) is 31.3. The predicted octanol–water partition coefficient (Wildman–Crippen LogP) is 0.364. The molecule has 174 valence electrons. The van der Waals surface area contributed by atoms with Crippen LogP contribution >= 0.6 is 49.6 Å². The van der Waals surface area contributed by atoms with Crippen LogP contribution in [0, 0.1) is 0 Å². The van der Waals surface area contributed by atoms with Crippen molar-refractivity contribution in [3.05, 3.63) is 0 Å². The molecule has 3 fully saturated rings. The molecule has 29 heavy (non-hydrogen) atoms. The molecular weight excluding hydrogens is 464 g/mol. The Balaban J connectivity index is 0. The van der Waals surface area contributed by atoms with E-state index in [2.05, 4.69) is 15.5 Å². The predicted molar refractivity (Wildman–Crippen MR) is 123 cm³/mol. The van der Waals surface area contributed by atoms with Gasteiger partial charge in [0.2, 0.25) is 0 Å². The maximum Gasteiger partial charge on any atom is 0.349 e. The molecule has 3 aliphatic rings. The third kappa shape index (κ3) is 9.01. The topological polar surface area (TPSA) is 77.2 Å². The van der Waals surface area contributed by atoms with Crippen molar-refractivity contribution in [3.8, 4) is 0 Å². The number of Topliss-reactive ketones (excluding diaryl/α,β-unsaturated/α-hetero) is 1. The molecular formula is C17H35Cl4N5O3. The van der Waals surface area contributed by atoms with E-state index in [-0.39, 0.29) is 55.4 Å². The summed E-state index contributed by atoms with van der Waals surface area (Å²) in [5.41, 5.74) is 0. The smallest absolute Gasteiger partial charge is 0.349 e. The van der Waals surface area contributed by atoms with Gasteiger partial charge in [-0.3, -0.25) is 14.6 Å². The first-order chi connectivity index (χ1) is 12.1. The van der Waals surface area contributed by atoms with Gasteiger partial charge in [0, 0.05) is 58.4 Å². The largest absolute Gasteiger partial charge is 0.366 e. The molecule has 0 saturated carbocycles. The Morgan fingerprint density at radius 2 is 1.34 bits per heavy atom. The molecule has 3 heterocycles. The normalized spacial score (nSPS) is 22.7. The molecule has 0 bridgehead atoms. The van der Waals surface area contributed by atoms with Gasteiger partial charge in [0.25, 0.3) is 0 Å². The van der Waals surface area contributed by atoms with E-state index in [1.165, 1.54) is 19.8 Å². The molecule has 3 rings (SSSR count). The van der Waals surface area contributed by atoms with Gasteiger partial charge in [-0.25, -0.2) is 4.79 Å². The second kappa shape index (κ2) is 15.8. The highest BCUT2D eigenvalue weighted by Gasteiger charge is 2.35. The number of nitrogens with zero attached hydrogens (tertiary/aromatic N) is 3. The quantitative estimate of drug-likeness (QED) is 0.526. The van der Waals surface area contributed by atoms with E-state index >= 15 is 0 Å². The lowest BCUT2D eigenvalue weighted by molar-refractivity contribution is -0.204. The van der Waals surface area contributed by atoms with Crippen LogP contribution in [0.15, 0.2) is 0 Å². The van der Waals surface area contributed by atoms with Crippen LogP contribution in [-0.2, 0) is 14.4 Å². The molecule has 8 nitrogen and oxygen atoms in total. The van der Waals surface area contributed by atoms with Gasteiger partial charge in [0.05, 0.1) is 0 Å². The van der Waals surface area contributed by atoms with E-state index < -0.39 is 12.0 Å². The van der Waals surface area contributed by atoms with Crippen molar-refractivity contribution >= 4 is 61.4 Å². The minimum atomic E-state index is -0.774. The summed E-state index contributed by atoms with van der Waals surface area (Å²) in [5.74, 6) is -0.565. The zero-order valence-electron chi connectivity index (χ0n) is 16.8. The summed E-state index contributed by atoms with van der Waals surface area (Å²) in [6.45, 7) is 9.89. The van der Waals surface area contributed by atoms with Crippen LogP contribution in [0.5, 0.6) is 0 Å². The van der Waals surface area contributed by atoms with Crippen LogP contribution in [0.2, 0.25) is 0 Å². The SMILES string of the molecule is CC(=O)C(C(=O)ON1CCN(C2CCNCC2)CC1)N1CCNCC1.Cl.Cl.Cl.Cl. The Morgan fingerprint density at radius 1 is 0.828 bits per heavy atom. The van der Waals surface area contributed by atoms with Gasteiger partial charge < -0.3 is 15.5 Å². The third-order valence-corrected chi connectivity index (χ3v) is 5.44. The van der Waals surface area contributed by atoms with Crippen LogP contribution in [0.1, 0.15) is 19.8 Å². The van der Waals surface area contributed by atoms with Crippen molar-refractivity contribution in [1.29, 1.82) is 0 Å². The second-order valence-electron chi connectivity index (χ2n) is 7.16. The average Bonchev–Trinajstić information content (AvgIpc) is 2.64. The highest BCUT2D eigenvalue weighted by atomic mass is 35.5. The van der Waals surface area contributed by atoms with E-state index in [1.54, 1.807) is 5.06 Å². The molecule has 1 atom stereocenters. The van der Waals surface area contributed by atoms with Crippen LogP contribution in [0.4, 0.5) is 0 Å². The summed E-state index contributed by atoms with van der Waals surface area (Å²) in [7, 11) is 0. The fraction of sp³-hybridized carbons (Fsp3) is 0.882. The van der Waals surface area contributed by atoms with Gasteiger partial charge in [0.1, 0.15) is 0 Å². The molecule has 3 aliphatic heterocycles. The number of nitrogens with one attached hydrogen (secondary N) is 2. The number of rotatable bonds is 5. The first-order valence-electron chi connectivity index (χ1n) is 9.52. The molecule has 0 aromatic heterocycles. The van der Waals surface area contributed by atoms with E-state index in [0.717, 1.165) is 39.3 Å². The number of halogens is 4. The lowest BCUT2D eigenvalue weighted by atomic mass is 10.0. The maximum absolute atomic E-state index is 12.6. The lowest BCUT2D eigenvalue weighted by Gasteiger charge is -2.40. The number of hydrogen-bond donors (Lipinski definition) is 2. The standard InChI is InChI=1S/C17H31N5O3.4ClH/c1-14(23)16(21-8-6-19-7-9-21)17(24)25-22-12-10-20(11-13-22)15-2-4-18-5-3-15;;;;/h15-16,18-19H,2-13H2,1H3;4*1H. The van der Waals surface area contributed by atoms with Gasteiger partial charge in [0.15, 0.2) is 11.8 Å². The van der Waals surface area contributed by atoms with Gasteiger partial charge in [-0.05, 0) is 32.9 Å². The van der Waals surface area contributed by atoms with Gasteiger partial charge >= 0.3 is 5.97 Å². The van der Waals surface area contributed by atoms with Crippen molar-refractivity contribution < 1.29 is 14.4 Å². The summed E-state index contributed by atoms with van der Waals surface area (Å²) in [6, 6.07) is -0.130. The molecule has 1 unspecified atom stereocenters. The number of hydrogen-bond acceptors (Lipinski definition) is 8. The van der Waals surface area contributed by atoms with Crippen LogP contribution in [-0.4, -0.2) is 104 Å². The van der Waals surface area contributed by atoms with Crippen LogP contribution in [0.3, 0.4) is 0 Å². The van der Waals surface area contributed by atoms with Crippen molar-refractivity contribution in [2.45, 2.75) is 31.8 Å². The number of carbonyl (C=O) groups is 2. The van der Waals surface area contributed by atoms with Crippen molar-refractivity contribution in [3.63, 3.8) is 0 Å². The van der Waals surface area contributed by atoms with E-state index in [0.29, 0.717) is 32.2 Å². The first-order valence-corrected chi connectivity index (χ1v) is 9.52. The second-order valence-corrected chi connectivity index (χ2v) is 7.16. The zero-order valence-corrected chi connectivity index (χ0v) is 20.1. The number of piperidine rings is 1. The number of carbonyl (C=O) groups excluding carboxylic acids is 2. The minimum Gasteiger partial charge on any atom is -0.366 e. The Labute approximate surface area is 198 Å².